The third kappa shape index (κ3) is 2.20. The molecule has 2 aromatic heterocycles. The molecule has 0 bridgehead atoms. The number of fused-ring (bicyclic) bond motifs is 1. The van der Waals surface area contributed by atoms with E-state index in [2.05, 4.69) is 25.2 Å². The second kappa shape index (κ2) is 5.17. The van der Waals surface area contributed by atoms with Crippen LogP contribution >= 0.6 is 0 Å². The van der Waals surface area contributed by atoms with E-state index in [1.807, 2.05) is 31.2 Å². The van der Waals surface area contributed by atoms with E-state index in [1.54, 1.807) is 24.7 Å². The van der Waals surface area contributed by atoms with E-state index in [-0.39, 0.29) is 5.56 Å². The predicted molar refractivity (Wildman–Crippen MR) is 86.7 cm³/mol. The number of para-hydroxylation sites is 1. The van der Waals surface area contributed by atoms with E-state index in [0.717, 1.165) is 21.8 Å². The van der Waals surface area contributed by atoms with E-state index in [4.69, 9.17) is 0 Å². The van der Waals surface area contributed by atoms with Gasteiger partial charge in [-0.3, -0.25) is 25.0 Å². The van der Waals surface area contributed by atoms with Gasteiger partial charge < -0.3 is 0 Å². The van der Waals surface area contributed by atoms with Crippen molar-refractivity contribution in [2.75, 3.05) is 0 Å². The first-order chi connectivity index (χ1) is 11.2. The molecular formula is C17H13N5O. The molecule has 0 radical (unpaired) electrons. The molecule has 0 saturated heterocycles. The molecule has 0 atom stereocenters. The molecule has 0 amide bonds. The summed E-state index contributed by atoms with van der Waals surface area (Å²) < 4.78 is 0. The van der Waals surface area contributed by atoms with Crippen molar-refractivity contribution < 1.29 is 0 Å². The van der Waals surface area contributed by atoms with Crippen molar-refractivity contribution in [2.24, 2.45) is 4.99 Å². The fourth-order valence-corrected chi connectivity index (χ4v) is 2.65. The molecule has 1 aliphatic heterocycles. The summed E-state index contributed by atoms with van der Waals surface area (Å²) in [6.07, 6.45) is 6.57. The van der Waals surface area contributed by atoms with E-state index < -0.39 is 0 Å². The van der Waals surface area contributed by atoms with Gasteiger partial charge in [-0.15, -0.1) is 0 Å². The maximum absolute atomic E-state index is 12.2. The van der Waals surface area contributed by atoms with Crippen molar-refractivity contribution in [2.45, 2.75) is 6.92 Å². The largest absolute Gasteiger partial charge is 0.295 e. The summed E-state index contributed by atoms with van der Waals surface area (Å²) in [6.45, 7) is 2.00. The number of aromatic amines is 2. The minimum Gasteiger partial charge on any atom is -0.295 e. The topological polar surface area (TPSA) is 86.8 Å². The Balaban J connectivity index is 1.90. The Morgan fingerprint density at radius 1 is 1.13 bits per heavy atom. The van der Waals surface area contributed by atoms with E-state index >= 15 is 0 Å². The zero-order valence-electron chi connectivity index (χ0n) is 12.4. The second-order valence-corrected chi connectivity index (χ2v) is 5.24. The highest BCUT2D eigenvalue weighted by atomic mass is 16.1. The number of H-pyrrole nitrogens is 2. The monoisotopic (exact) mass is 303 g/mol. The predicted octanol–water partition coefficient (Wildman–Crippen LogP) is 1.00. The van der Waals surface area contributed by atoms with Crippen molar-refractivity contribution in [1.29, 1.82) is 0 Å². The lowest BCUT2D eigenvalue weighted by molar-refractivity contribution is 1.05. The number of rotatable bonds is 2. The molecule has 4 rings (SSSR count). The number of nitrogens with one attached hydrogen (secondary N) is 2. The molecule has 0 saturated carbocycles. The van der Waals surface area contributed by atoms with Crippen molar-refractivity contribution in [3.8, 4) is 11.4 Å². The number of hydrogen-bond acceptors (Lipinski definition) is 4. The van der Waals surface area contributed by atoms with Gasteiger partial charge in [-0.2, -0.15) is 0 Å². The standard InChI is InChI=1S/C17H13N5O/c1-10-11-4-2-3-5-13(11)20-14(10)8-12-16(21-22-17(12)23)15-9-18-6-7-19-15/h2-9H,1H3,(H2,21,22,23). The van der Waals surface area contributed by atoms with Crippen LogP contribution in [0, 0.1) is 0 Å². The van der Waals surface area contributed by atoms with Gasteiger partial charge in [0, 0.05) is 17.6 Å². The smallest absolute Gasteiger partial charge is 0.271 e. The molecule has 1 aromatic carbocycles. The van der Waals surface area contributed by atoms with Gasteiger partial charge in [0.05, 0.1) is 28.5 Å². The lowest BCUT2D eigenvalue weighted by Gasteiger charge is -1.99. The molecule has 6 heteroatoms. The summed E-state index contributed by atoms with van der Waals surface area (Å²) in [4.78, 5) is 25.0. The van der Waals surface area contributed by atoms with Gasteiger partial charge in [-0.25, -0.2) is 4.99 Å². The minimum atomic E-state index is -0.211. The summed E-state index contributed by atoms with van der Waals surface area (Å²) in [5.41, 5.74) is 3.32. The first-order valence-corrected chi connectivity index (χ1v) is 7.18. The Bertz CT molecular complexity index is 1090. The van der Waals surface area contributed by atoms with E-state index in [0.29, 0.717) is 17.0 Å². The normalized spacial score (nSPS) is 14.8. The zero-order chi connectivity index (χ0) is 15.8. The highest BCUT2D eigenvalue weighted by Gasteiger charge is 2.14. The fourth-order valence-electron chi connectivity index (χ4n) is 2.65. The van der Waals surface area contributed by atoms with Crippen LogP contribution in [-0.4, -0.2) is 20.2 Å². The van der Waals surface area contributed by atoms with Gasteiger partial charge in [-0.05, 0) is 24.6 Å². The summed E-state index contributed by atoms with van der Waals surface area (Å²) in [5, 5.41) is 7.48. The average Bonchev–Trinajstić information content (AvgIpc) is 3.10. The molecule has 0 unspecified atom stereocenters. The Labute approximate surface area is 131 Å². The van der Waals surface area contributed by atoms with Crippen LogP contribution in [0.15, 0.2) is 58.3 Å². The molecule has 6 nitrogen and oxygen atoms in total. The third-order valence-corrected chi connectivity index (χ3v) is 3.85. The summed E-state index contributed by atoms with van der Waals surface area (Å²) in [7, 11) is 0. The number of benzene rings is 1. The molecule has 0 aliphatic carbocycles. The van der Waals surface area contributed by atoms with Gasteiger partial charge >= 0.3 is 0 Å². The molecule has 0 fully saturated rings. The van der Waals surface area contributed by atoms with Crippen LogP contribution in [0.2, 0.25) is 0 Å². The van der Waals surface area contributed by atoms with Gasteiger partial charge in [0.25, 0.3) is 5.56 Å². The Morgan fingerprint density at radius 2 is 2.00 bits per heavy atom. The molecule has 23 heavy (non-hydrogen) atoms. The van der Waals surface area contributed by atoms with Crippen LogP contribution in [0.5, 0.6) is 0 Å². The van der Waals surface area contributed by atoms with E-state index in [9.17, 15) is 4.79 Å². The number of nitrogens with zero attached hydrogens (tertiary/aromatic N) is 3. The van der Waals surface area contributed by atoms with Gasteiger partial charge in [0.1, 0.15) is 5.69 Å². The molecule has 3 aromatic rings. The van der Waals surface area contributed by atoms with Crippen molar-refractivity contribution in [3.63, 3.8) is 0 Å². The van der Waals surface area contributed by atoms with Gasteiger partial charge in [0.15, 0.2) is 0 Å². The van der Waals surface area contributed by atoms with Crippen LogP contribution in [0.4, 0.5) is 0 Å². The zero-order valence-corrected chi connectivity index (χ0v) is 12.4. The van der Waals surface area contributed by atoms with Crippen molar-refractivity contribution in [1.82, 2.24) is 20.2 Å². The second-order valence-electron chi connectivity index (χ2n) is 5.24. The Kier molecular flexibility index (Phi) is 3.01. The summed E-state index contributed by atoms with van der Waals surface area (Å²) >= 11 is 0. The number of hydrogen-bond donors (Lipinski definition) is 2. The SMILES string of the molecule is CC1=c2ccccc2=NC1=Cc1c(-c2cnccn2)[nH][nH]c1=O. The lowest BCUT2D eigenvalue weighted by Crippen LogP contribution is -2.21. The minimum absolute atomic E-state index is 0.211. The molecule has 3 heterocycles. The lowest BCUT2D eigenvalue weighted by atomic mass is 10.1. The molecule has 112 valence electrons. The van der Waals surface area contributed by atoms with Crippen LogP contribution in [-0.2, 0) is 0 Å². The van der Waals surface area contributed by atoms with Crippen molar-refractivity contribution >= 4 is 11.6 Å². The van der Waals surface area contributed by atoms with Crippen LogP contribution in [0.25, 0.3) is 23.0 Å². The highest BCUT2D eigenvalue weighted by molar-refractivity contribution is 5.78. The maximum atomic E-state index is 12.2. The first kappa shape index (κ1) is 13.4. The Hall–Kier alpha value is -3.28. The number of aromatic nitrogens is 4. The average molecular weight is 303 g/mol. The van der Waals surface area contributed by atoms with Crippen LogP contribution in [0.1, 0.15) is 12.5 Å². The van der Waals surface area contributed by atoms with Crippen LogP contribution in [0.3, 0.4) is 0 Å². The molecule has 1 aliphatic rings. The quantitative estimate of drug-likeness (QED) is 0.740. The van der Waals surface area contributed by atoms with Crippen LogP contribution < -0.4 is 16.1 Å². The van der Waals surface area contributed by atoms with Gasteiger partial charge in [-0.1, -0.05) is 18.2 Å². The third-order valence-electron chi connectivity index (χ3n) is 3.85. The number of allylic oxidation sites excluding steroid dienone is 1. The molecule has 2 N–H and O–H groups in total. The molecular weight excluding hydrogens is 290 g/mol. The van der Waals surface area contributed by atoms with Crippen molar-refractivity contribution in [3.05, 3.63) is 75.0 Å². The highest BCUT2D eigenvalue weighted by Crippen LogP contribution is 2.21. The van der Waals surface area contributed by atoms with Gasteiger partial charge in [0.2, 0.25) is 0 Å². The molecule has 0 spiro atoms. The summed E-state index contributed by atoms with van der Waals surface area (Å²) in [6, 6.07) is 7.92. The maximum Gasteiger partial charge on any atom is 0.271 e. The van der Waals surface area contributed by atoms with E-state index in [1.165, 1.54) is 0 Å². The Morgan fingerprint density at radius 3 is 2.78 bits per heavy atom. The fraction of sp³-hybridized carbons (Fsp3) is 0.0588. The summed E-state index contributed by atoms with van der Waals surface area (Å²) in [5.74, 6) is 0. The first-order valence-electron chi connectivity index (χ1n) is 7.18.